The average molecular weight is 328 g/mol. The van der Waals surface area contributed by atoms with Crippen molar-refractivity contribution >= 4 is 0 Å². The molecule has 0 radical (unpaired) electrons. The largest absolute Gasteiger partial charge is 0.355 e. The smallest absolute Gasteiger partial charge is 0.181 e. The molecular formula is C18H24N4O2. The van der Waals surface area contributed by atoms with Crippen LogP contribution in [0.15, 0.2) is 30.3 Å². The van der Waals surface area contributed by atoms with E-state index in [0.29, 0.717) is 18.8 Å². The maximum atomic E-state index is 5.68. The van der Waals surface area contributed by atoms with Crippen molar-refractivity contribution in [3.05, 3.63) is 36.2 Å². The number of benzene rings is 1. The van der Waals surface area contributed by atoms with Gasteiger partial charge in [0.25, 0.3) is 0 Å². The highest BCUT2D eigenvalue weighted by atomic mass is 16.7. The molecule has 3 heterocycles. The summed E-state index contributed by atoms with van der Waals surface area (Å²) in [6.45, 7) is 4.38. The summed E-state index contributed by atoms with van der Waals surface area (Å²) in [6.07, 6.45) is 3.64. The second-order valence-corrected chi connectivity index (χ2v) is 6.61. The van der Waals surface area contributed by atoms with E-state index in [4.69, 9.17) is 14.5 Å². The molecule has 2 fully saturated rings. The van der Waals surface area contributed by atoms with Crippen LogP contribution in [0.4, 0.5) is 0 Å². The lowest BCUT2D eigenvalue weighted by molar-refractivity contribution is -0.145. The number of H-pyrrole nitrogens is 1. The standard InChI is InChI=1S/C18H24N4O2/c1-2-5-14(6-3-1)17-19-18(21-20-17)15-7-4-9-22(11-15)12-16-8-10-23-13-24-16/h1-3,5-6,15-16H,4,7-13H2,(H,19,20,21). The van der Waals surface area contributed by atoms with Crippen LogP contribution in [-0.4, -0.2) is 59.2 Å². The molecule has 4 rings (SSSR count). The molecule has 24 heavy (non-hydrogen) atoms. The molecule has 2 saturated heterocycles. The van der Waals surface area contributed by atoms with Gasteiger partial charge in [0.1, 0.15) is 12.6 Å². The van der Waals surface area contributed by atoms with Gasteiger partial charge in [-0.25, -0.2) is 4.98 Å². The average Bonchev–Trinajstić information content (AvgIpc) is 3.14. The van der Waals surface area contributed by atoms with Gasteiger partial charge in [0, 0.05) is 24.6 Å². The molecule has 1 aromatic heterocycles. The van der Waals surface area contributed by atoms with Crippen molar-refractivity contribution in [3.8, 4) is 11.4 Å². The van der Waals surface area contributed by atoms with Crippen LogP contribution in [0.3, 0.4) is 0 Å². The maximum Gasteiger partial charge on any atom is 0.181 e. The first-order valence-corrected chi connectivity index (χ1v) is 8.78. The maximum absolute atomic E-state index is 5.68. The Balaban J connectivity index is 1.40. The number of nitrogens with zero attached hydrogens (tertiary/aromatic N) is 3. The molecule has 1 aromatic carbocycles. The molecule has 6 heteroatoms. The Morgan fingerprint density at radius 2 is 2.12 bits per heavy atom. The van der Waals surface area contributed by atoms with Gasteiger partial charge in [0.15, 0.2) is 5.82 Å². The molecule has 6 nitrogen and oxygen atoms in total. The molecule has 0 aliphatic carbocycles. The van der Waals surface area contributed by atoms with E-state index in [1.54, 1.807) is 0 Å². The van der Waals surface area contributed by atoms with E-state index < -0.39 is 0 Å². The Hall–Kier alpha value is -1.76. The van der Waals surface area contributed by atoms with E-state index in [9.17, 15) is 0 Å². The monoisotopic (exact) mass is 328 g/mol. The zero-order valence-corrected chi connectivity index (χ0v) is 13.9. The Morgan fingerprint density at radius 1 is 1.21 bits per heavy atom. The van der Waals surface area contributed by atoms with Crippen LogP contribution in [0.1, 0.15) is 31.0 Å². The zero-order valence-electron chi connectivity index (χ0n) is 13.9. The lowest BCUT2D eigenvalue weighted by atomic mass is 9.97. The van der Waals surface area contributed by atoms with Crippen molar-refractivity contribution in [1.82, 2.24) is 20.1 Å². The fourth-order valence-electron chi connectivity index (χ4n) is 3.55. The molecule has 0 spiro atoms. The number of likely N-dealkylation sites (tertiary alicyclic amines) is 1. The molecule has 1 N–H and O–H groups in total. The first-order valence-electron chi connectivity index (χ1n) is 8.78. The Morgan fingerprint density at radius 3 is 2.96 bits per heavy atom. The van der Waals surface area contributed by atoms with E-state index in [1.165, 1.54) is 6.42 Å². The van der Waals surface area contributed by atoms with Gasteiger partial charge >= 0.3 is 0 Å². The number of hydrogen-bond acceptors (Lipinski definition) is 5. The van der Waals surface area contributed by atoms with Gasteiger partial charge in [-0.1, -0.05) is 30.3 Å². The molecule has 2 aromatic rings. The summed E-state index contributed by atoms with van der Waals surface area (Å²) in [4.78, 5) is 7.24. The normalized spacial score (nSPS) is 25.7. The van der Waals surface area contributed by atoms with E-state index >= 15 is 0 Å². The molecule has 2 aliphatic rings. The highest BCUT2D eigenvalue weighted by Gasteiger charge is 2.26. The lowest BCUT2D eigenvalue weighted by Crippen LogP contribution is -2.42. The summed E-state index contributed by atoms with van der Waals surface area (Å²) in [5.41, 5.74) is 1.06. The van der Waals surface area contributed by atoms with Crippen LogP contribution in [0, 0.1) is 0 Å². The van der Waals surface area contributed by atoms with Crippen LogP contribution in [0.25, 0.3) is 11.4 Å². The quantitative estimate of drug-likeness (QED) is 0.934. The Kier molecular flexibility index (Phi) is 4.87. The van der Waals surface area contributed by atoms with Crippen molar-refractivity contribution < 1.29 is 9.47 Å². The molecule has 128 valence electrons. The van der Waals surface area contributed by atoms with Crippen LogP contribution in [-0.2, 0) is 9.47 Å². The number of aromatic amines is 1. The first kappa shape index (κ1) is 15.7. The zero-order chi connectivity index (χ0) is 16.2. The summed E-state index contributed by atoms with van der Waals surface area (Å²) in [6, 6.07) is 10.1. The SMILES string of the molecule is c1ccc(-c2n[nH]c(C3CCCN(CC4CCOCO4)C3)n2)cc1. The van der Waals surface area contributed by atoms with Crippen LogP contribution in [0.2, 0.25) is 0 Å². The van der Waals surface area contributed by atoms with Gasteiger partial charge < -0.3 is 14.4 Å². The highest BCUT2D eigenvalue weighted by Crippen LogP contribution is 2.26. The molecule has 2 atom stereocenters. The van der Waals surface area contributed by atoms with Crippen molar-refractivity contribution in [2.45, 2.75) is 31.3 Å². The first-order chi connectivity index (χ1) is 11.9. The minimum absolute atomic E-state index is 0.298. The summed E-state index contributed by atoms with van der Waals surface area (Å²) in [7, 11) is 0. The number of aromatic nitrogens is 3. The lowest BCUT2D eigenvalue weighted by Gasteiger charge is -2.35. The Bertz CT molecular complexity index is 639. The third kappa shape index (κ3) is 3.66. The van der Waals surface area contributed by atoms with Gasteiger partial charge in [0.05, 0.1) is 12.7 Å². The predicted octanol–water partition coefficient (Wildman–Crippen LogP) is 2.41. The number of nitrogens with one attached hydrogen (secondary N) is 1. The molecular weight excluding hydrogens is 304 g/mol. The van der Waals surface area contributed by atoms with E-state index in [2.05, 4.69) is 15.1 Å². The molecule has 2 aliphatic heterocycles. The van der Waals surface area contributed by atoms with Gasteiger partial charge in [-0.3, -0.25) is 5.10 Å². The van der Waals surface area contributed by atoms with E-state index in [-0.39, 0.29) is 0 Å². The summed E-state index contributed by atoms with van der Waals surface area (Å²) < 4.78 is 10.9. The molecule has 0 saturated carbocycles. The van der Waals surface area contributed by atoms with E-state index in [0.717, 1.165) is 56.3 Å². The number of hydrogen-bond donors (Lipinski definition) is 1. The van der Waals surface area contributed by atoms with Gasteiger partial charge in [-0.2, -0.15) is 5.10 Å². The van der Waals surface area contributed by atoms with Crippen molar-refractivity contribution in [2.24, 2.45) is 0 Å². The van der Waals surface area contributed by atoms with Crippen molar-refractivity contribution in [3.63, 3.8) is 0 Å². The summed E-state index contributed by atoms with van der Waals surface area (Å²) in [5, 5.41) is 7.57. The Labute approximate surface area is 142 Å². The second-order valence-electron chi connectivity index (χ2n) is 6.61. The third-order valence-corrected chi connectivity index (χ3v) is 4.86. The second kappa shape index (κ2) is 7.42. The van der Waals surface area contributed by atoms with Crippen LogP contribution < -0.4 is 0 Å². The number of rotatable bonds is 4. The summed E-state index contributed by atoms with van der Waals surface area (Å²) >= 11 is 0. The third-order valence-electron chi connectivity index (χ3n) is 4.86. The summed E-state index contributed by atoms with van der Waals surface area (Å²) in [5.74, 6) is 2.21. The topological polar surface area (TPSA) is 63.3 Å². The molecule has 2 unspecified atom stereocenters. The van der Waals surface area contributed by atoms with Crippen molar-refractivity contribution in [2.75, 3.05) is 33.0 Å². The number of ether oxygens (including phenoxy) is 2. The predicted molar refractivity (Wildman–Crippen MR) is 90.5 cm³/mol. The van der Waals surface area contributed by atoms with Crippen LogP contribution in [0.5, 0.6) is 0 Å². The molecule has 0 amide bonds. The highest BCUT2D eigenvalue weighted by molar-refractivity contribution is 5.53. The van der Waals surface area contributed by atoms with E-state index in [1.807, 2.05) is 30.3 Å². The van der Waals surface area contributed by atoms with Crippen molar-refractivity contribution in [1.29, 1.82) is 0 Å². The molecule has 0 bridgehead atoms. The van der Waals surface area contributed by atoms with Gasteiger partial charge in [-0.05, 0) is 25.8 Å². The van der Waals surface area contributed by atoms with Crippen LogP contribution >= 0.6 is 0 Å². The minimum Gasteiger partial charge on any atom is -0.355 e. The minimum atomic E-state index is 0.298. The van der Waals surface area contributed by atoms with Gasteiger partial charge in [0.2, 0.25) is 0 Å². The van der Waals surface area contributed by atoms with Gasteiger partial charge in [-0.15, -0.1) is 0 Å². The fourth-order valence-corrected chi connectivity index (χ4v) is 3.55. The number of piperidine rings is 1. The fraction of sp³-hybridized carbons (Fsp3) is 0.556.